The van der Waals surface area contributed by atoms with Crippen molar-refractivity contribution < 1.29 is 0 Å². The number of anilines is 3. The van der Waals surface area contributed by atoms with Gasteiger partial charge in [0.2, 0.25) is 5.95 Å². The molecule has 4 rings (SSSR count). The lowest BCUT2D eigenvalue weighted by Crippen LogP contribution is -2.24. The summed E-state index contributed by atoms with van der Waals surface area (Å²) in [7, 11) is 0. The van der Waals surface area contributed by atoms with Gasteiger partial charge in [-0.1, -0.05) is 31.4 Å². The van der Waals surface area contributed by atoms with Crippen LogP contribution < -0.4 is 15.5 Å². The highest BCUT2D eigenvalue weighted by molar-refractivity contribution is 5.91. The number of aryl methyl sites for hydroxylation is 1. The van der Waals surface area contributed by atoms with E-state index in [0.717, 1.165) is 42.1 Å². The van der Waals surface area contributed by atoms with Gasteiger partial charge in [0.25, 0.3) is 0 Å². The smallest absolute Gasteiger partial charge is 0.223 e. The maximum absolute atomic E-state index is 10.0. The van der Waals surface area contributed by atoms with E-state index >= 15 is 0 Å². The molecule has 1 aromatic heterocycles. The largest absolute Gasteiger partial charge is 0.351 e. The molecule has 6 heteroatoms. The second-order valence-electron chi connectivity index (χ2n) is 7.43. The Morgan fingerprint density at radius 2 is 2.07 bits per heavy atom. The summed E-state index contributed by atoms with van der Waals surface area (Å²) in [6.45, 7) is 4.81. The minimum absolute atomic E-state index is 0.420. The first-order chi connectivity index (χ1) is 13.7. The number of hydrogen-bond donors (Lipinski definition) is 2. The summed E-state index contributed by atoms with van der Waals surface area (Å²) in [4.78, 5) is 11.3. The van der Waals surface area contributed by atoms with Crippen LogP contribution in [0.1, 0.15) is 50.3 Å². The highest BCUT2D eigenvalue weighted by Gasteiger charge is 2.27. The van der Waals surface area contributed by atoms with Crippen LogP contribution in [0, 0.1) is 18.3 Å². The number of nitrogens with zero attached hydrogens (tertiary/aromatic N) is 4. The van der Waals surface area contributed by atoms with Gasteiger partial charge in [0.05, 0.1) is 17.1 Å². The minimum Gasteiger partial charge on any atom is -0.351 e. The predicted molar refractivity (Wildman–Crippen MR) is 113 cm³/mol. The van der Waals surface area contributed by atoms with Gasteiger partial charge in [-0.25, -0.2) is 9.97 Å². The van der Waals surface area contributed by atoms with E-state index in [0.29, 0.717) is 23.3 Å². The Kier molecular flexibility index (Phi) is 5.16. The van der Waals surface area contributed by atoms with Crippen molar-refractivity contribution in [1.82, 2.24) is 9.97 Å². The van der Waals surface area contributed by atoms with Crippen molar-refractivity contribution in [3.05, 3.63) is 47.5 Å². The molecule has 1 fully saturated rings. The van der Waals surface area contributed by atoms with Gasteiger partial charge in [-0.05, 0) is 44.4 Å². The van der Waals surface area contributed by atoms with Gasteiger partial charge in [0, 0.05) is 18.8 Å². The third-order valence-corrected chi connectivity index (χ3v) is 5.53. The maximum Gasteiger partial charge on any atom is 0.223 e. The van der Waals surface area contributed by atoms with Crippen molar-refractivity contribution in [3.63, 3.8) is 0 Å². The Balaban J connectivity index is 1.71. The van der Waals surface area contributed by atoms with Gasteiger partial charge in [-0.2, -0.15) is 5.26 Å². The molecule has 0 unspecified atom stereocenters. The van der Waals surface area contributed by atoms with Crippen LogP contribution in [0.5, 0.6) is 0 Å². The molecule has 0 saturated heterocycles. The number of aromatic nitrogens is 2. The number of fused-ring (bicyclic) bond motifs is 1. The molecule has 0 bridgehead atoms. The van der Waals surface area contributed by atoms with Crippen molar-refractivity contribution in [1.29, 1.82) is 5.26 Å². The highest BCUT2D eigenvalue weighted by atomic mass is 15.3. The fourth-order valence-electron chi connectivity index (χ4n) is 4.07. The zero-order valence-electron chi connectivity index (χ0n) is 16.5. The van der Waals surface area contributed by atoms with E-state index in [4.69, 9.17) is 4.98 Å². The molecule has 1 aromatic carbocycles. The van der Waals surface area contributed by atoms with E-state index in [9.17, 15) is 5.26 Å². The first-order valence-corrected chi connectivity index (χ1v) is 10.1. The molecule has 0 radical (unpaired) electrons. The molecule has 1 saturated carbocycles. The second kappa shape index (κ2) is 7.89. The monoisotopic (exact) mass is 374 g/mol. The van der Waals surface area contributed by atoms with Gasteiger partial charge in [-0.3, -0.25) is 0 Å². The van der Waals surface area contributed by atoms with Crippen LogP contribution in [0.25, 0.3) is 5.57 Å². The SMILES string of the molecule is CCN1/C(=C(\C#N)c2nc(NC3CCCCC3)ncc2C)Nc2ccccc21. The number of hydrogen-bond acceptors (Lipinski definition) is 6. The average molecular weight is 374 g/mol. The fourth-order valence-corrected chi connectivity index (χ4v) is 4.07. The summed E-state index contributed by atoms with van der Waals surface area (Å²) in [5, 5.41) is 16.9. The summed E-state index contributed by atoms with van der Waals surface area (Å²) in [6.07, 6.45) is 7.92. The number of rotatable bonds is 4. The van der Waals surface area contributed by atoms with E-state index in [-0.39, 0.29) is 0 Å². The molecule has 2 heterocycles. The van der Waals surface area contributed by atoms with E-state index in [2.05, 4.69) is 39.6 Å². The predicted octanol–water partition coefficient (Wildman–Crippen LogP) is 4.67. The van der Waals surface area contributed by atoms with Gasteiger partial charge >= 0.3 is 0 Å². The van der Waals surface area contributed by atoms with Crippen molar-refractivity contribution in [2.24, 2.45) is 0 Å². The van der Waals surface area contributed by atoms with Crippen LogP contribution in [-0.4, -0.2) is 22.6 Å². The Labute approximate surface area is 166 Å². The first kappa shape index (κ1) is 18.3. The van der Waals surface area contributed by atoms with E-state index in [1.807, 2.05) is 31.3 Å². The molecule has 0 amide bonds. The summed E-state index contributed by atoms with van der Waals surface area (Å²) >= 11 is 0. The molecule has 2 aromatic rings. The fraction of sp³-hybridized carbons (Fsp3) is 0.409. The number of nitriles is 1. The molecule has 6 nitrogen and oxygen atoms in total. The Bertz CT molecular complexity index is 936. The third kappa shape index (κ3) is 3.40. The van der Waals surface area contributed by atoms with Crippen LogP contribution in [-0.2, 0) is 0 Å². The number of benzene rings is 1. The Hall–Kier alpha value is -3.07. The lowest BCUT2D eigenvalue weighted by atomic mass is 9.96. The molecule has 28 heavy (non-hydrogen) atoms. The van der Waals surface area contributed by atoms with E-state index in [1.165, 1.54) is 19.3 Å². The molecule has 1 aliphatic heterocycles. The standard InChI is InChI=1S/C22H26N6/c1-3-28-19-12-8-7-11-18(19)26-21(28)17(13-23)20-15(2)14-24-22(27-20)25-16-9-5-4-6-10-16/h7-8,11-12,14,16,26H,3-6,9-10H2,1-2H3,(H,24,25,27)/b21-17+. The van der Waals surface area contributed by atoms with E-state index < -0.39 is 0 Å². The van der Waals surface area contributed by atoms with Crippen LogP contribution >= 0.6 is 0 Å². The quantitative estimate of drug-likeness (QED) is 0.757. The Morgan fingerprint density at radius 1 is 1.29 bits per heavy atom. The highest BCUT2D eigenvalue weighted by Crippen LogP contribution is 2.38. The Morgan fingerprint density at radius 3 is 2.82 bits per heavy atom. The first-order valence-electron chi connectivity index (χ1n) is 10.1. The molecule has 144 valence electrons. The molecule has 2 aliphatic rings. The normalized spacial score (nSPS) is 18.2. The van der Waals surface area contributed by atoms with Gasteiger partial charge in [0.1, 0.15) is 17.5 Å². The van der Waals surface area contributed by atoms with Crippen LogP contribution in [0.2, 0.25) is 0 Å². The lowest BCUT2D eigenvalue weighted by Gasteiger charge is -2.23. The zero-order valence-corrected chi connectivity index (χ0v) is 16.5. The molecular formula is C22H26N6. The number of nitrogens with one attached hydrogen (secondary N) is 2. The van der Waals surface area contributed by atoms with Gasteiger partial charge < -0.3 is 15.5 Å². The van der Waals surface area contributed by atoms with Crippen molar-refractivity contribution in [2.45, 2.75) is 52.0 Å². The average Bonchev–Trinajstić information content (AvgIpc) is 3.10. The summed E-state index contributed by atoms with van der Waals surface area (Å²) < 4.78 is 0. The maximum atomic E-state index is 10.0. The topological polar surface area (TPSA) is 76.9 Å². The summed E-state index contributed by atoms with van der Waals surface area (Å²) in [5.74, 6) is 1.40. The van der Waals surface area contributed by atoms with Crippen molar-refractivity contribution in [2.75, 3.05) is 22.1 Å². The van der Waals surface area contributed by atoms with Crippen molar-refractivity contribution >= 4 is 22.9 Å². The molecular weight excluding hydrogens is 348 g/mol. The third-order valence-electron chi connectivity index (χ3n) is 5.53. The van der Waals surface area contributed by atoms with E-state index in [1.54, 1.807) is 0 Å². The second-order valence-corrected chi connectivity index (χ2v) is 7.43. The number of para-hydroxylation sites is 2. The molecule has 0 atom stereocenters. The lowest BCUT2D eigenvalue weighted by molar-refractivity contribution is 0.461. The van der Waals surface area contributed by atoms with Crippen LogP contribution in [0.15, 0.2) is 36.3 Å². The summed E-state index contributed by atoms with van der Waals surface area (Å²) in [5.41, 5.74) is 4.22. The van der Waals surface area contributed by atoms with Gasteiger partial charge in [-0.15, -0.1) is 0 Å². The zero-order chi connectivity index (χ0) is 19.5. The minimum atomic E-state index is 0.420. The molecule has 2 N–H and O–H groups in total. The van der Waals surface area contributed by atoms with Crippen LogP contribution in [0.4, 0.5) is 17.3 Å². The van der Waals surface area contributed by atoms with Gasteiger partial charge in [0.15, 0.2) is 0 Å². The van der Waals surface area contributed by atoms with Crippen LogP contribution in [0.3, 0.4) is 0 Å². The summed E-state index contributed by atoms with van der Waals surface area (Å²) in [6, 6.07) is 10.9. The van der Waals surface area contributed by atoms with Crippen molar-refractivity contribution in [3.8, 4) is 6.07 Å². The molecule has 1 aliphatic carbocycles. The molecule has 0 spiro atoms. The number of allylic oxidation sites excluding steroid dienone is 1.